The molecule has 0 unspecified atom stereocenters. The highest BCUT2D eigenvalue weighted by molar-refractivity contribution is 14.1. The molecule has 0 saturated carbocycles. The van der Waals surface area contributed by atoms with Crippen LogP contribution in [0.25, 0.3) is 6.08 Å². The molecule has 1 heterocycles. The van der Waals surface area contributed by atoms with Crippen LogP contribution >= 0.6 is 50.1 Å². The van der Waals surface area contributed by atoms with E-state index in [1.165, 1.54) is 0 Å². The predicted octanol–water partition coefficient (Wildman–Crippen LogP) is 6.63. The van der Waals surface area contributed by atoms with E-state index in [1.807, 2.05) is 60.7 Å². The molecule has 7 heteroatoms. The Morgan fingerprint density at radius 2 is 1.87 bits per heavy atom. The minimum Gasteiger partial charge on any atom is -0.489 e. The summed E-state index contributed by atoms with van der Waals surface area (Å²) in [5.41, 5.74) is 2.69. The van der Waals surface area contributed by atoms with E-state index < -0.39 is 5.97 Å². The van der Waals surface area contributed by atoms with Crippen LogP contribution in [0, 0.1) is 3.57 Å². The Labute approximate surface area is 200 Å². The summed E-state index contributed by atoms with van der Waals surface area (Å²) in [6, 6.07) is 20.8. The molecule has 0 amide bonds. The summed E-state index contributed by atoms with van der Waals surface area (Å²) in [5.74, 6) is 0.439. The van der Waals surface area contributed by atoms with Gasteiger partial charge in [0.2, 0.25) is 5.90 Å². The third-order valence-electron chi connectivity index (χ3n) is 4.31. The molecule has 3 aromatic rings. The zero-order valence-corrected chi connectivity index (χ0v) is 19.9. The molecule has 0 aromatic heterocycles. The Bertz CT molecular complexity index is 1180. The number of halogens is 3. The smallest absolute Gasteiger partial charge is 0.363 e. The van der Waals surface area contributed by atoms with Gasteiger partial charge in [0, 0.05) is 13.6 Å². The standard InChI is InChI=1S/C23H14BrClINO3/c24-19-4-2-1-3-15(19)13-29-17-8-5-14(6-9-17)11-21-23(28)30-22(27-21)18-12-16(26)7-10-20(18)25/h1-12H,13H2/b21-11-. The Hall–Kier alpha value is -2.16. The fourth-order valence-corrected chi connectivity index (χ4v) is 3.87. The van der Waals surface area contributed by atoms with Crippen LogP contribution in [0.2, 0.25) is 5.02 Å². The maximum atomic E-state index is 12.2. The van der Waals surface area contributed by atoms with E-state index in [1.54, 1.807) is 12.1 Å². The van der Waals surface area contributed by atoms with Gasteiger partial charge in [-0.2, -0.15) is 0 Å². The van der Waals surface area contributed by atoms with E-state index in [0.717, 1.165) is 24.9 Å². The lowest BCUT2D eigenvalue weighted by Gasteiger charge is -2.08. The average Bonchev–Trinajstić information content (AvgIpc) is 3.10. The molecule has 1 aliphatic heterocycles. The van der Waals surface area contributed by atoms with Crippen LogP contribution in [0.1, 0.15) is 16.7 Å². The third kappa shape index (κ3) is 4.94. The first-order valence-electron chi connectivity index (χ1n) is 8.94. The minimum atomic E-state index is -0.505. The molecule has 0 saturated heterocycles. The maximum absolute atomic E-state index is 12.2. The van der Waals surface area contributed by atoms with Crippen LogP contribution in [0.3, 0.4) is 0 Å². The molecule has 0 radical (unpaired) electrons. The summed E-state index contributed by atoms with van der Waals surface area (Å²) >= 11 is 11.9. The van der Waals surface area contributed by atoms with E-state index >= 15 is 0 Å². The van der Waals surface area contributed by atoms with E-state index in [2.05, 4.69) is 43.5 Å². The normalized spacial score (nSPS) is 14.6. The summed E-state index contributed by atoms with van der Waals surface area (Å²) in [6.07, 6.45) is 1.68. The topological polar surface area (TPSA) is 47.9 Å². The van der Waals surface area contributed by atoms with Gasteiger partial charge in [-0.3, -0.25) is 0 Å². The maximum Gasteiger partial charge on any atom is 0.363 e. The summed E-state index contributed by atoms with van der Waals surface area (Å²) < 4.78 is 13.1. The highest BCUT2D eigenvalue weighted by Gasteiger charge is 2.25. The van der Waals surface area contributed by atoms with E-state index in [0.29, 0.717) is 17.2 Å². The molecule has 0 spiro atoms. The SMILES string of the molecule is O=C1OC(c2cc(I)ccc2Cl)=N/C1=C\c1ccc(OCc2ccccc2Br)cc1. The number of hydrogen-bond donors (Lipinski definition) is 0. The van der Waals surface area contributed by atoms with Gasteiger partial charge in [0.25, 0.3) is 0 Å². The number of aliphatic imine (C=N–C) groups is 1. The van der Waals surface area contributed by atoms with Gasteiger partial charge in [-0.15, -0.1) is 0 Å². The van der Waals surface area contributed by atoms with Crippen molar-refractivity contribution in [3.63, 3.8) is 0 Å². The number of rotatable bonds is 5. The first kappa shape index (κ1) is 21.1. The summed E-state index contributed by atoms with van der Waals surface area (Å²) in [5, 5.41) is 0.481. The van der Waals surface area contributed by atoms with E-state index in [4.69, 9.17) is 21.1 Å². The molecule has 0 atom stereocenters. The van der Waals surface area contributed by atoms with Crippen molar-refractivity contribution in [3.05, 3.63) is 102 Å². The first-order chi connectivity index (χ1) is 14.5. The Morgan fingerprint density at radius 3 is 2.63 bits per heavy atom. The molecule has 0 fully saturated rings. The second kappa shape index (κ2) is 9.32. The summed E-state index contributed by atoms with van der Waals surface area (Å²) in [6.45, 7) is 0.457. The molecule has 4 nitrogen and oxygen atoms in total. The highest BCUT2D eigenvalue weighted by atomic mass is 127. The number of benzene rings is 3. The van der Waals surface area contributed by atoms with E-state index in [-0.39, 0.29) is 11.6 Å². The Balaban J connectivity index is 1.49. The monoisotopic (exact) mass is 593 g/mol. The lowest BCUT2D eigenvalue weighted by atomic mass is 10.2. The van der Waals surface area contributed by atoms with Gasteiger partial charge in [-0.1, -0.05) is 57.9 Å². The zero-order valence-electron chi connectivity index (χ0n) is 15.4. The van der Waals surface area contributed by atoms with Crippen molar-refractivity contribution in [1.82, 2.24) is 0 Å². The lowest BCUT2D eigenvalue weighted by Crippen LogP contribution is -2.06. The van der Waals surface area contributed by atoms with Crippen molar-refractivity contribution in [2.24, 2.45) is 4.99 Å². The molecular weight excluding hydrogens is 581 g/mol. The summed E-state index contributed by atoms with van der Waals surface area (Å²) in [7, 11) is 0. The van der Waals surface area contributed by atoms with Gasteiger partial charge >= 0.3 is 5.97 Å². The summed E-state index contributed by atoms with van der Waals surface area (Å²) in [4.78, 5) is 16.6. The lowest BCUT2D eigenvalue weighted by molar-refractivity contribution is -0.129. The number of carbonyl (C=O) groups is 1. The van der Waals surface area contributed by atoms with Crippen LogP contribution in [-0.2, 0) is 16.1 Å². The number of cyclic esters (lactones) is 1. The number of carbonyl (C=O) groups excluding carboxylic acids is 1. The molecule has 150 valence electrons. The second-order valence-electron chi connectivity index (χ2n) is 6.41. The third-order valence-corrected chi connectivity index (χ3v) is 6.09. The van der Waals surface area contributed by atoms with Crippen molar-refractivity contribution in [3.8, 4) is 5.75 Å². The van der Waals surface area contributed by atoms with E-state index in [9.17, 15) is 4.79 Å². The molecule has 3 aromatic carbocycles. The second-order valence-corrected chi connectivity index (χ2v) is 8.92. The van der Waals surface area contributed by atoms with Crippen LogP contribution in [-0.4, -0.2) is 11.9 Å². The van der Waals surface area contributed by atoms with Crippen molar-refractivity contribution in [1.29, 1.82) is 0 Å². The van der Waals surface area contributed by atoms with Crippen molar-refractivity contribution >= 4 is 68.1 Å². The van der Waals surface area contributed by atoms with Gasteiger partial charge in [-0.05, 0) is 70.6 Å². The van der Waals surface area contributed by atoms with Crippen LogP contribution in [0.4, 0.5) is 0 Å². The molecule has 0 bridgehead atoms. The first-order valence-corrected chi connectivity index (χ1v) is 11.2. The molecule has 30 heavy (non-hydrogen) atoms. The average molecular weight is 595 g/mol. The number of nitrogens with zero attached hydrogens (tertiary/aromatic N) is 1. The van der Waals surface area contributed by atoms with Gasteiger partial charge in [0.15, 0.2) is 5.70 Å². The van der Waals surface area contributed by atoms with Gasteiger partial charge in [0.05, 0.1) is 10.6 Å². The Morgan fingerprint density at radius 1 is 1.10 bits per heavy atom. The highest BCUT2D eigenvalue weighted by Crippen LogP contribution is 2.26. The molecule has 0 N–H and O–H groups in total. The zero-order chi connectivity index (χ0) is 21.1. The molecular formula is C23H14BrClINO3. The molecule has 0 aliphatic carbocycles. The molecule has 4 rings (SSSR count). The fraction of sp³-hybridized carbons (Fsp3) is 0.0435. The van der Waals surface area contributed by atoms with Gasteiger partial charge in [0.1, 0.15) is 12.4 Å². The van der Waals surface area contributed by atoms with Gasteiger partial charge in [-0.25, -0.2) is 9.79 Å². The van der Waals surface area contributed by atoms with Crippen LogP contribution in [0.15, 0.2) is 81.9 Å². The number of hydrogen-bond acceptors (Lipinski definition) is 4. The largest absolute Gasteiger partial charge is 0.489 e. The molecule has 1 aliphatic rings. The number of esters is 1. The fourth-order valence-electron chi connectivity index (χ4n) is 2.78. The van der Waals surface area contributed by atoms with Crippen LogP contribution < -0.4 is 4.74 Å². The predicted molar refractivity (Wildman–Crippen MR) is 130 cm³/mol. The number of ether oxygens (including phenoxy) is 2. The Kier molecular flexibility index (Phi) is 6.55. The van der Waals surface area contributed by atoms with Crippen molar-refractivity contribution in [2.75, 3.05) is 0 Å². The van der Waals surface area contributed by atoms with Crippen molar-refractivity contribution < 1.29 is 14.3 Å². The minimum absolute atomic E-state index is 0.211. The van der Waals surface area contributed by atoms with Gasteiger partial charge < -0.3 is 9.47 Å². The van der Waals surface area contributed by atoms with Crippen molar-refractivity contribution in [2.45, 2.75) is 6.61 Å². The quantitative estimate of drug-likeness (QED) is 0.189. The van der Waals surface area contributed by atoms with Crippen LogP contribution in [0.5, 0.6) is 5.75 Å².